The Morgan fingerprint density at radius 1 is 1.17 bits per heavy atom. The van der Waals surface area contributed by atoms with Crippen molar-refractivity contribution in [1.82, 2.24) is 15.2 Å². The third kappa shape index (κ3) is 4.12. The van der Waals surface area contributed by atoms with Gasteiger partial charge in [-0.1, -0.05) is 11.6 Å². The molecule has 0 saturated carbocycles. The number of amides is 1. The van der Waals surface area contributed by atoms with E-state index < -0.39 is 5.91 Å². The summed E-state index contributed by atoms with van der Waals surface area (Å²) in [4.78, 5) is 16.9. The first kappa shape index (κ1) is 18.7. The molecule has 0 bridgehead atoms. The lowest BCUT2D eigenvalue weighted by atomic mass is 10.2. The van der Waals surface area contributed by atoms with Gasteiger partial charge in [-0.3, -0.25) is 4.79 Å². The van der Waals surface area contributed by atoms with Crippen LogP contribution in [0.5, 0.6) is 5.75 Å². The molecule has 9 heteroatoms. The van der Waals surface area contributed by atoms with Crippen molar-refractivity contribution >= 4 is 23.3 Å². The van der Waals surface area contributed by atoms with Crippen LogP contribution < -0.4 is 10.1 Å². The van der Waals surface area contributed by atoms with Crippen LogP contribution in [0.15, 0.2) is 63.8 Å². The molecule has 0 saturated heterocycles. The van der Waals surface area contributed by atoms with Crippen LogP contribution in [0.3, 0.4) is 0 Å². The zero-order valence-electron chi connectivity index (χ0n) is 15.3. The predicted molar refractivity (Wildman–Crippen MR) is 106 cm³/mol. The number of anilines is 1. The lowest BCUT2D eigenvalue weighted by molar-refractivity contribution is 0.102. The fourth-order valence-corrected chi connectivity index (χ4v) is 2.79. The van der Waals surface area contributed by atoms with E-state index in [1.807, 2.05) is 6.92 Å². The van der Waals surface area contributed by atoms with Gasteiger partial charge in [0.05, 0.1) is 18.4 Å². The van der Waals surface area contributed by atoms with E-state index in [1.165, 1.54) is 12.5 Å². The van der Waals surface area contributed by atoms with Gasteiger partial charge in [-0.25, -0.2) is 4.98 Å². The number of furan rings is 1. The zero-order valence-corrected chi connectivity index (χ0v) is 16.0. The summed E-state index contributed by atoms with van der Waals surface area (Å²) in [5.74, 6) is 1.34. The van der Waals surface area contributed by atoms with Crippen molar-refractivity contribution < 1.29 is 18.4 Å². The molecule has 0 radical (unpaired) electrons. The molecule has 4 rings (SSSR count). The van der Waals surface area contributed by atoms with Crippen molar-refractivity contribution in [3.8, 4) is 28.9 Å². The summed E-state index contributed by atoms with van der Waals surface area (Å²) in [6.07, 6.45) is 3.05. The van der Waals surface area contributed by atoms with Gasteiger partial charge in [0.25, 0.3) is 11.8 Å². The molecule has 0 aliphatic heterocycles. The molecule has 8 nitrogen and oxygen atoms in total. The molecule has 1 aromatic carbocycles. The Labute approximate surface area is 170 Å². The molecule has 0 spiro atoms. The second-order valence-electron chi connectivity index (χ2n) is 5.85. The minimum atomic E-state index is -0.401. The first-order valence-electron chi connectivity index (χ1n) is 8.71. The number of nitrogens with zero attached hydrogens (tertiary/aromatic N) is 3. The molecule has 0 aliphatic carbocycles. The maximum atomic E-state index is 12.7. The molecule has 0 aliphatic rings. The smallest absolute Gasteiger partial charge is 0.283 e. The number of halogens is 1. The highest BCUT2D eigenvalue weighted by atomic mass is 35.5. The van der Waals surface area contributed by atoms with Crippen molar-refractivity contribution in [2.75, 3.05) is 11.9 Å². The maximum Gasteiger partial charge on any atom is 0.283 e. The second-order valence-corrected chi connectivity index (χ2v) is 6.28. The van der Waals surface area contributed by atoms with E-state index in [1.54, 1.807) is 42.5 Å². The molecule has 4 aromatic rings. The van der Waals surface area contributed by atoms with E-state index >= 15 is 0 Å². The normalized spacial score (nSPS) is 10.7. The number of hydrogen-bond acceptors (Lipinski definition) is 7. The average Bonchev–Trinajstić information content (AvgIpc) is 3.41. The van der Waals surface area contributed by atoms with E-state index in [9.17, 15) is 4.79 Å². The van der Waals surface area contributed by atoms with Gasteiger partial charge >= 0.3 is 0 Å². The summed E-state index contributed by atoms with van der Waals surface area (Å²) in [6.45, 7) is 2.26. The number of carbonyl (C=O) groups is 1. The minimum absolute atomic E-state index is 0.257. The summed E-state index contributed by atoms with van der Waals surface area (Å²) in [7, 11) is 0. The van der Waals surface area contributed by atoms with Crippen molar-refractivity contribution in [3.05, 3.63) is 65.5 Å². The molecule has 0 atom stereocenters. The van der Waals surface area contributed by atoms with E-state index in [2.05, 4.69) is 20.5 Å². The Kier molecular flexibility index (Phi) is 5.26. The van der Waals surface area contributed by atoms with Crippen LogP contribution in [0.4, 0.5) is 5.82 Å². The average molecular weight is 411 g/mol. The number of rotatable bonds is 6. The van der Waals surface area contributed by atoms with Crippen molar-refractivity contribution in [2.45, 2.75) is 6.92 Å². The van der Waals surface area contributed by atoms with Crippen molar-refractivity contribution in [2.24, 2.45) is 0 Å². The Bertz CT molecular complexity index is 1140. The SMILES string of the molecule is CCOc1ccc(Cl)cc1C(=O)Nc1cc(-c2nnc(-c3ccco3)o2)ccn1. The van der Waals surface area contributed by atoms with Gasteiger partial charge in [-0.05, 0) is 49.4 Å². The molecular formula is C20H15ClN4O4. The minimum Gasteiger partial charge on any atom is -0.493 e. The number of hydrogen-bond donors (Lipinski definition) is 1. The molecule has 1 N–H and O–H groups in total. The largest absolute Gasteiger partial charge is 0.493 e. The van der Waals surface area contributed by atoms with Crippen LogP contribution in [0.25, 0.3) is 23.1 Å². The highest BCUT2D eigenvalue weighted by molar-refractivity contribution is 6.31. The molecule has 3 heterocycles. The Morgan fingerprint density at radius 3 is 2.83 bits per heavy atom. The molecule has 146 valence electrons. The first-order chi connectivity index (χ1) is 14.1. The van der Waals surface area contributed by atoms with Crippen LogP contribution in [-0.4, -0.2) is 27.7 Å². The maximum absolute atomic E-state index is 12.7. The Morgan fingerprint density at radius 2 is 2.03 bits per heavy atom. The molecule has 1 amide bonds. The van der Waals surface area contributed by atoms with E-state index in [0.717, 1.165) is 0 Å². The van der Waals surface area contributed by atoms with E-state index in [4.69, 9.17) is 25.2 Å². The van der Waals surface area contributed by atoms with Crippen LogP contribution in [0, 0.1) is 0 Å². The molecule has 0 unspecified atom stereocenters. The highest BCUT2D eigenvalue weighted by Gasteiger charge is 2.16. The van der Waals surface area contributed by atoms with Gasteiger partial charge < -0.3 is 18.9 Å². The lowest BCUT2D eigenvalue weighted by Crippen LogP contribution is -2.14. The topological polar surface area (TPSA) is 103 Å². The van der Waals surface area contributed by atoms with Gasteiger partial charge in [0.1, 0.15) is 11.6 Å². The van der Waals surface area contributed by atoms with Crippen LogP contribution in [-0.2, 0) is 0 Å². The fourth-order valence-electron chi connectivity index (χ4n) is 2.62. The van der Waals surface area contributed by atoms with Crippen LogP contribution in [0.2, 0.25) is 5.02 Å². The second kappa shape index (κ2) is 8.15. The van der Waals surface area contributed by atoms with Gasteiger partial charge in [-0.15, -0.1) is 10.2 Å². The van der Waals surface area contributed by atoms with E-state index in [0.29, 0.717) is 40.1 Å². The van der Waals surface area contributed by atoms with Crippen molar-refractivity contribution in [3.63, 3.8) is 0 Å². The van der Waals surface area contributed by atoms with E-state index in [-0.39, 0.29) is 11.8 Å². The summed E-state index contributed by atoms with van der Waals surface area (Å²) < 4.78 is 16.4. The fraction of sp³-hybridized carbons (Fsp3) is 0.100. The molecule has 29 heavy (non-hydrogen) atoms. The quantitative estimate of drug-likeness (QED) is 0.491. The first-order valence-corrected chi connectivity index (χ1v) is 9.09. The Hall–Kier alpha value is -3.65. The number of carbonyl (C=O) groups excluding carboxylic acids is 1. The number of aromatic nitrogens is 3. The van der Waals surface area contributed by atoms with Gasteiger partial charge in [0.15, 0.2) is 5.76 Å². The highest BCUT2D eigenvalue weighted by Crippen LogP contribution is 2.27. The van der Waals surface area contributed by atoms with Gasteiger partial charge in [0, 0.05) is 16.8 Å². The predicted octanol–water partition coefficient (Wildman–Crippen LogP) is 4.70. The summed E-state index contributed by atoms with van der Waals surface area (Å²) >= 11 is 6.03. The zero-order chi connectivity index (χ0) is 20.2. The standard InChI is InChI=1S/C20H15ClN4O4/c1-2-27-15-6-5-13(21)11-14(15)18(26)23-17-10-12(7-8-22-17)19-24-25-20(29-19)16-4-3-9-28-16/h3-11H,2H2,1H3,(H,22,23,26). The molecule has 0 fully saturated rings. The van der Waals surface area contributed by atoms with Gasteiger partial charge in [0.2, 0.25) is 5.89 Å². The van der Waals surface area contributed by atoms with Crippen molar-refractivity contribution in [1.29, 1.82) is 0 Å². The Balaban J connectivity index is 1.57. The number of ether oxygens (including phenoxy) is 1. The monoisotopic (exact) mass is 410 g/mol. The molecule has 3 aromatic heterocycles. The number of nitrogens with one attached hydrogen (secondary N) is 1. The summed E-state index contributed by atoms with van der Waals surface area (Å²) in [6, 6.07) is 11.6. The summed E-state index contributed by atoms with van der Waals surface area (Å²) in [5, 5.41) is 11.1. The van der Waals surface area contributed by atoms with Crippen LogP contribution >= 0.6 is 11.6 Å². The number of pyridine rings is 1. The number of benzene rings is 1. The van der Waals surface area contributed by atoms with Crippen LogP contribution in [0.1, 0.15) is 17.3 Å². The lowest BCUT2D eigenvalue weighted by Gasteiger charge is -2.11. The summed E-state index contributed by atoms with van der Waals surface area (Å²) in [5.41, 5.74) is 0.904. The van der Waals surface area contributed by atoms with Gasteiger partial charge in [-0.2, -0.15) is 0 Å². The third-order valence-electron chi connectivity index (χ3n) is 3.89. The molecular weight excluding hydrogens is 396 g/mol. The third-order valence-corrected chi connectivity index (χ3v) is 4.13.